The summed E-state index contributed by atoms with van der Waals surface area (Å²) < 4.78 is 12.5. The van der Waals surface area contributed by atoms with Crippen LogP contribution in [-0.2, 0) is 6.61 Å². The van der Waals surface area contributed by atoms with Gasteiger partial charge in [-0.1, -0.05) is 41.4 Å². The number of aryl methyl sites for hydroxylation is 1. The van der Waals surface area contributed by atoms with Gasteiger partial charge in [0.15, 0.2) is 11.5 Å². The van der Waals surface area contributed by atoms with Crippen LogP contribution >= 0.6 is 45.8 Å². The molecule has 0 aliphatic heterocycles. The van der Waals surface area contributed by atoms with Gasteiger partial charge in [-0.15, -0.1) is 0 Å². The van der Waals surface area contributed by atoms with Crippen LogP contribution < -0.4 is 9.47 Å². The maximum Gasteiger partial charge on any atom is 0.174 e. The molecule has 0 fully saturated rings. The first-order valence-electron chi connectivity index (χ1n) is 8.51. The van der Waals surface area contributed by atoms with Crippen LogP contribution in [0, 0.1) is 10.5 Å². The summed E-state index contributed by atoms with van der Waals surface area (Å²) in [5.74, 6) is 1.34. The zero-order valence-corrected chi connectivity index (χ0v) is 19.0. The number of ether oxygens (including phenoxy) is 2. The Labute approximate surface area is 188 Å². The summed E-state index contributed by atoms with van der Waals surface area (Å²) in [4.78, 5) is 4.50. The van der Waals surface area contributed by atoms with Gasteiger partial charge in [-0.05, 0) is 82.6 Å². The number of benzene rings is 3. The van der Waals surface area contributed by atoms with E-state index < -0.39 is 0 Å². The summed E-state index contributed by atoms with van der Waals surface area (Å²) in [7, 11) is 1.62. The van der Waals surface area contributed by atoms with E-state index >= 15 is 0 Å². The fraction of sp³-hybridized carbons (Fsp3) is 0.136. The van der Waals surface area contributed by atoms with Crippen molar-refractivity contribution in [3.8, 4) is 11.5 Å². The second kappa shape index (κ2) is 9.63. The van der Waals surface area contributed by atoms with Crippen molar-refractivity contribution in [3.63, 3.8) is 0 Å². The first-order chi connectivity index (χ1) is 13.5. The van der Waals surface area contributed by atoms with Crippen molar-refractivity contribution in [2.45, 2.75) is 13.5 Å². The Morgan fingerprint density at radius 3 is 2.61 bits per heavy atom. The zero-order chi connectivity index (χ0) is 20.1. The van der Waals surface area contributed by atoms with Crippen LogP contribution in [0.15, 0.2) is 59.6 Å². The number of hydrogen-bond donors (Lipinski definition) is 0. The predicted octanol–water partition coefficient (Wildman–Crippen LogP) is 7.24. The van der Waals surface area contributed by atoms with Gasteiger partial charge in [-0.2, -0.15) is 0 Å². The Kier molecular flexibility index (Phi) is 7.21. The van der Waals surface area contributed by atoms with Crippen LogP contribution in [0.5, 0.6) is 11.5 Å². The van der Waals surface area contributed by atoms with Crippen LogP contribution in [-0.4, -0.2) is 13.3 Å². The van der Waals surface area contributed by atoms with Gasteiger partial charge >= 0.3 is 0 Å². The Hall–Kier alpha value is -1.76. The molecular formula is C22H18Cl2INO2. The van der Waals surface area contributed by atoms with Crippen LogP contribution in [0.25, 0.3) is 0 Å². The molecule has 6 heteroatoms. The van der Waals surface area contributed by atoms with Crippen LogP contribution in [0.4, 0.5) is 5.69 Å². The summed E-state index contributed by atoms with van der Waals surface area (Å²) >= 11 is 14.4. The van der Waals surface area contributed by atoms with Gasteiger partial charge in [0.1, 0.15) is 6.61 Å². The fourth-order valence-electron chi connectivity index (χ4n) is 2.55. The molecule has 28 heavy (non-hydrogen) atoms. The van der Waals surface area contributed by atoms with Crippen molar-refractivity contribution in [3.05, 3.63) is 84.9 Å². The SMILES string of the molecule is COc1cc(C=Nc2ccc(C)c(Cl)c2)cc(I)c1OCc1cccc(Cl)c1. The highest BCUT2D eigenvalue weighted by molar-refractivity contribution is 14.1. The molecule has 3 aromatic rings. The summed E-state index contributed by atoms with van der Waals surface area (Å²) in [6.07, 6.45) is 1.78. The van der Waals surface area contributed by atoms with Gasteiger partial charge in [-0.25, -0.2) is 0 Å². The Morgan fingerprint density at radius 1 is 1.07 bits per heavy atom. The smallest absolute Gasteiger partial charge is 0.174 e. The molecule has 0 aliphatic rings. The summed E-state index contributed by atoms with van der Waals surface area (Å²) in [6.45, 7) is 2.37. The normalized spacial score (nSPS) is 11.0. The molecule has 3 rings (SSSR count). The molecule has 0 atom stereocenters. The van der Waals surface area contributed by atoms with Gasteiger partial charge in [0.05, 0.1) is 16.4 Å². The second-order valence-corrected chi connectivity index (χ2v) is 8.15. The summed E-state index contributed by atoms with van der Waals surface area (Å²) in [6, 6.07) is 17.2. The van der Waals surface area contributed by atoms with E-state index in [0.29, 0.717) is 28.2 Å². The molecule has 0 N–H and O–H groups in total. The topological polar surface area (TPSA) is 30.8 Å². The van der Waals surface area contributed by atoms with Crippen molar-refractivity contribution < 1.29 is 9.47 Å². The van der Waals surface area contributed by atoms with Gasteiger partial charge in [0.2, 0.25) is 0 Å². The molecule has 0 bridgehead atoms. The zero-order valence-electron chi connectivity index (χ0n) is 15.4. The molecule has 0 heterocycles. The molecule has 0 saturated carbocycles. The lowest BCUT2D eigenvalue weighted by atomic mass is 10.2. The van der Waals surface area contributed by atoms with Crippen molar-refractivity contribution in [2.75, 3.05) is 7.11 Å². The van der Waals surface area contributed by atoms with Gasteiger partial charge in [-0.3, -0.25) is 4.99 Å². The van der Waals surface area contributed by atoms with Crippen molar-refractivity contribution >= 4 is 57.7 Å². The first-order valence-corrected chi connectivity index (χ1v) is 10.3. The minimum Gasteiger partial charge on any atom is -0.493 e. The first kappa shape index (κ1) is 21.0. The van der Waals surface area contributed by atoms with Gasteiger partial charge in [0.25, 0.3) is 0 Å². The number of aliphatic imine (C=N–C) groups is 1. The lowest BCUT2D eigenvalue weighted by Gasteiger charge is -2.13. The Morgan fingerprint density at radius 2 is 1.89 bits per heavy atom. The van der Waals surface area contributed by atoms with E-state index in [4.69, 9.17) is 32.7 Å². The van der Waals surface area contributed by atoms with Crippen molar-refractivity contribution in [2.24, 2.45) is 4.99 Å². The number of rotatable bonds is 6. The Balaban J connectivity index is 1.80. The average molecular weight is 526 g/mol. The van der Waals surface area contributed by atoms with Crippen LogP contribution in [0.1, 0.15) is 16.7 Å². The van der Waals surface area contributed by atoms with Crippen molar-refractivity contribution in [1.29, 1.82) is 0 Å². The minimum absolute atomic E-state index is 0.405. The third-order valence-electron chi connectivity index (χ3n) is 4.04. The Bertz CT molecular complexity index is 1020. The average Bonchev–Trinajstić information content (AvgIpc) is 2.67. The van der Waals surface area contributed by atoms with E-state index in [0.717, 1.165) is 25.9 Å². The molecule has 0 saturated heterocycles. The maximum absolute atomic E-state index is 6.16. The van der Waals surface area contributed by atoms with E-state index in [1.807, 2.05) is 61.5 Å². The van der Waals surface area contributed by atoms with E-state index in [-0.39, 0.29) is 0 Å². The molecule has 0 unspecified atom stereocenters. The van der Waals surface area contributed by atoms with Gasteiger partial charge in [0, 0.05) is 16.3 Å². The van der Waals surface area contributed by atoms with Crippen LogP contribution in [0.3, 0.4) is 0 Å². The maximum atomic E-state index is 6.16. The number of methoxy groups -OCH3 is 1. The third-order valence-corrected chi connectivity index (χ3v) is 5.49. The van der Waals surface area contributed by atoms with Crippen LogP contribution in [0.2, 0.25) is 10.0 Å². The van der Waals surface area contributed by atoms with E-state index in [1.165, 1.54) is 0 Å². The fourth-order valence-corrected chi connectivity index (χ4v) is 3.72. The summed E-state index contributed by atoms with van der Waals surface area (Å²) in [5, 5.41) is 1.39. The monoisotopic (exact) mass is 525 g/mol. The van der Waals surface area contributed by atoms with Gasteiger partial charge < -0.3 is 9.47 Å². The van der Waals surface area contributed by atoms with E-state index in [1.54, 1.807) is 13.3 Å². The highest BCUT2D eigenvalue weighted by Crippen LogP contribution is 2.34. The molecule has 0 amide bonds. The van der Waals surface area contributed by atoms with E-state index in [2.05, 4.69) is 27.6 Å². The largest absolute Gasteiger partial charge is 0.493 e. The molecule has 3 aromatic carbocycles. The molecule has 0 radical (unpaired) electrons. The lowest BCUT2D eigenvalue weighted by Crippen LogP contribution is -2.00. The highest BCUT2D eigenvalue weighted by Gasteiger charge is 2.11. The molecule has 0 aromatic heterocycles. The number of hydrogen-bond acceptors (Lipinski definition) is 3. The molecular weight excluding hydrogens is 508 g/mol. The molecule has 3 nitrogen and oxygen atoms in total. The van der Waals surface area contributed by atoms with E-state index in [9.17, 15) is 0 Å². The molecule has 0 spiro atoms. The lowest BCUT2D eigenvalue weighted by molar-refractivity contribution is 0.282. The predicted molar refractivity (Wildman–Crippen MR) is 125 cm³/mol. The minimum atomic E-state index is 0.405. The van der Waals surface area contributed by atoms with Crippen molar-refractivity contribution in [1.82, 2.24) is 0 Å². The number of nitrogens with zero attached hydrogens (tertiary/aromatic N) is 1. The number of halogens is 3. The standard InChI is InChI=1S/C22H18Cl2INO2/c1-14-6-7-18(11-19(14)24)26-12-16-9-20(25)22(21(10-16)27-2)28-13-15-4-3-5-17(23)8-15/h3-12H,13H2,1-2H3. The molecule has 0 aliphatic carbocycles. The third kappa shape index (κ3) is 5.40. The summed E-state index contributed by atoms with van der Waals surface area (Å²) in [5.41, 5.74) is 3.73. The molecule has 144 valence electrons. The second-order valence-electron chi connectivity index (χ2n) is 6.14. The quantitative estimate of drug-likeness (QED) is 0.251. The highest BCUT2D eigenvalue weighted by atomic mass is 127.